The van der Waals surface area contributed by atoms with Crippen LogP contribution in [0, 0.1) is 17.2 Å². The van der Waals surface area contributed by atoms with Crippen LogP contribution in [0.25, 0.3) is 0 Å². The maximum absolute atomic E-state index is 13.2. The molecule has 3 rings (SSSR count). The fourth-order valence-corrected chi connectivity index (χ4v) is 4.10. The van der Waals surface area contributed by atoms with Crippen LogP contribution in [0.3, 0.4) is 0 Å². The summed E-state index contributed by atoms with van der Waals surface area (Å²) in [5, 5.41) is 0. The number of rotatable bonds is 5. The van der Waals surface area contributed by atoms with Crippen LogP contribution in [-0.4, -0.2) is 27.3 Å². The monoisotopic (exact) mass is 383 g/mol. The Balaban J connectivity index is 1.71. The van der Waals surface area contributed by atoms with E-state index in [0.29, 0.717) is 31.8 Å². The number of carbonyl (C=O) groups excluding carboxylic acids is 1. The number of carbonyl (C=O) groups is 1. The largest absolute Gasteiger partial charge is 0.338 e. The number of amides is 1. The first-order chi connectivity index (χ1) is 13.2. The summed E-state index contributed by atoms with van der Waals surface area (Å²) in [7, 11) is 0. The molecule has 1 amide bonds. The molecule has 1 aliphatic heterocycles. The molecule has 2 heterocycles. The normalized spacial score (nSPS) is 15.2. The quantitative estimate of drug-likeness (QED) is 0.761. The molecule has 0 N–H and O–H groups in total. The Labute approximate surface area is 167 Å². The second-order valence-electron chi connectivity index (χ2n) is 9.19. The molecule has 2 aromatic rings. The maximum Gasteiger partial charge on any atom is 0.223 e. The van der Waals surface area contributed by atoms with Crippen molar-refractivity contribution in [2.75, 3.05) is 6.54 Å². The molecule has 28 heavy (non-hydrogen) atoms. The van der Waals surface area contributed by atoms with E-state index in [0.717, 1.165) is 35.4 Å². The number of hydrogen-bond donors (Lipinski definition) is 0. The van der Waals surface area contributed by atoms with Gasteiger partial charge in [0, 0.05) is 37.9 Å². The van der Waals surface area contributed by atoms with Crippen molar-refractivity contribution in [3.05, 3.63) is 58.9 Å². The van der Waals surface area contributed by atoms with E-state index in [1.54, 1.807) is 18.5 Å². The molecule has 0 saturated heterocycles. The lowest BCUT2D eigenvalue weighted by atomic mass is 9.84. The van der Waals surface area contributed by atoms with Crippen molar-refractivity contribution in [1.82, 2.24) is 14.9 Å². The van der Waals surface area contributed by atoms with Crippen molar-refractivity contribution in [2.45, 2.75) is 59.9 Å². The van der Waals surface area contributed by atoms with E-state index in [1.807, 2.05) is 4.90 Å². The molecule has 5 heteroatoms. The molecule has 0 bridgehead atoms. The zero-order valence-electron chi connectivity index (χ0n) is 17.3. The van der Waals surface area contributed by atoms with Crippen molar-refractivity contribution in [3.8, 4) is 0 Å². The molecule has 0 spiro atoms. The number of halogens is 1. The molecule has 150 valence electrons. The third kappa shape index (κ3) is 5.37. The van der Waals surface area contributed by atoms with Gasteiger partial charge in [-0.15, -0.1) is 0 Å². The Morgan fingerprint density at radius 2 is 1.93 bits per heavy atom. The second-order valence-corrected chi connectivity index (χ2v) is 9.19. The predicted octanol–water partition coefficient (Wildman–Crippen LogP) is 4.55. The van der Waals surface area contributed by atoms with Crippen LogP contribution >= 0.6 is 0 Å². The Morgan fingerprint density at radius 3 is 2.61 bits per heavy atom. The van der Waals surface area contributed by atoms with E-state index in [4.69, 9.17) is 0 Å². The first-order valence-corrected chi connectivity index (χ1v) is 10.0. The lowest BCUT2D eigenvalue weighted by Gasteiger charge is -2.31. The zero-order valence-corrected chi connectivity index (χ0v) is 17.3. The molecule has 1 aromatic carbocycles. The first kappa shape index (κ1) is 20.4. The second kappa shape index (κ2) is 8.38. The van der Waals surface area contributed by atoms with Crippen LogP contribution in [0.15, 0.2) is 30.6 Å². The minimum atomic E-state index is -0.241. The van der Waals surface area contributed by atoms with E-state index >= 15 is 0 Å². The Kier molecular flexibility index (Phi) is 6.11. The van der Waals surface area contributed by atoms with E-state index in [2.05, 4.69) is 37.7 Å². The van der Waals surface area contributed by atoms with E-state index in [-0.39, 0.29) is 17.1 Å². The van der Waals surface area contributed by atoms with E-state index in [1.165, 1.54) is 12.1 Å². The summed E-state index contributed by atoms with van der Waals surface area (Å²) in [4.78, 5) is 23.7. The standard InChI is InChI=1S/C23H30FN3O/c1-16(13-23(2,3)4)11-22(28)27-10-9-20-19(14-27)21(26-15-25-20)12-17-5-7-18(24)8-6-17/h5-8,15-16H,9-14H2,1-4H3. The van der Waals surface area contributed by atoms with Gasteiger partial charge in [0.1, 0.15) is 12.1 Å². The Bertz CT molecular complexity index is 827. The SMILES string of the molecule is CC(CC(=O)N1CCc2ncnc(Cc3ccc(F)cc3)c2C1)CC(C)(C)C. The van der Waals surface area contributed by atoms with Crippen LogP contribution in [-0.2, 0) is 24.2 Å². The Morgan fingerprint density at radius 1 is 1.21 bits per heavy atom. The van der Waals surface area contributed by atoms with Gasteiger partial charge in [-0.2, -0.15) is 0 Å². The molecule has 1 aromatic heterocycles. The number of benzene rings is 1. The molecule has 1 aliphatic rings. The minimum absolute atomic E-state index is 0.207. The topological polar surface area (TPSA) is 46.1 Å². The van der Waals surface area contributed by atoms with Crippen LogP contribution in [0.1, 0.15) is 63.1 Å². The smallest absolute Gasteiger partial charge is 0.223 e. The van der Waals surface area contributed by atoms with Crippen molar-refractivity contribution in [2.24, 2.45) is 11.3 Å². The van der Waals surface area contributed by atoms with E-state index < -0.39 is 0 Å². The van der Waals surface area contributed by atoms with Gasteiger partial charge in [-0.05, 0) is 35.4 Å². The van der Waals surface area contributed by atoms with Gasteiger partial charge < -0.3 is 4.90 Å². The molecule has 0 fully saturated rings. The van der Waals surface area contributed by atoms with Gasteiger partial charge in [0.15, 0.2) is 0 Å². The highest BCUT2D eigenvalue weighted by molar-refractivity contribution is 5.76. The van der Waals surface area contributed by atoms with Gasteiger partial charge in [-0.25, -0.2) is 14.4 Å². The minimum Gasteiger partial charge on any atom is -0.338 e. The first-order valence-electron chi connectivity index (χ1n) is 10.0. The van der Waals surface area contributed by atoms with Crippen LogP contribution < -0.4 is 0 Å². The fourth-order valence-electron chi connectivity index (χ4n) is 4.10. The highest BCUT2D eigenvalue weighted by Crippen LogP contribution is 2.28. The highest BCUT2D eigenvalue weighted by Gasteiger charge is 2.26. The van der Waals surface area contributed by atoms with Crippen LogP contribution in [0.2, 0.25) is 0 Å². The molecular formula is C23H30FN3O. The van der Waals surface area contributed by atoms with E-state index in [9.17, 15) is 9.18 Å². The summed E-state index contributed by atoms with van der Waals surface area (Å²) in [6.07, 6.45) is 4.58. The third-order valence-corrected chi connectivity index (χ3v) is 5.21. The summed E-state index contributed by atoms with van der Waals surface area (Å²) in [5.74, 6) is 0.327. The summed E-state index contributed by atoms with van der Waals surface area (Å²) in [5.41, 5.74) is 4.24. The van der Waals surface area contributed by atoms with Gasteiger partial charge in [-0.1, -0.05) is 39.8 Å². The zero-order chi connectivity index (χ0) is 20.3. The molecule has 1 unspecified atom stereocenters. The third-order valence-electron chi connectivity index (χ3n) is 5.21. The van der Waals surface area contributed by atoms with Gasteiger partial charge in [0.2, 0.25) is 5.91 Å². The van der Waals surface area contributed by atoms with Crippen molar-refractivity contribution in [3.63, 3.8) is 0 Å². The Hall–Kier alpha value is -2.30. The lowest BCUT2D eigenvalue weighted by Crippen LogP contribution is -2.38. The average Bonchev–Trinajstić information content (AvgIpc) is 2.62. The summed E-state index contributed by atoms with van der Waals surface area (Å²) in [6.45, 7) is 10.1. The molecule has 0 saturated carbocycles. The van der Waals surface area contributed by atoms with Gasteiger partial charge in [0.25, 0.3) is 0 Å². The van der Waals surface area contributed by atoms with Gasteiger partial charge >= 0.3 is 0 Å². The molecule has 1 atom stereocenters. The number of aromatic nitrogens is 2. The number of nitrogens with zero attached hydrogens (tertiary/aromatic N) is 3. The van der Waals surface area contributed by atoms with Crippen molar-refractivity contribution < 1.29 is 9.18 Å². The molecular weight excluding hydrogens is 353 g/mol. The average molecular weight is 384 g/mol. The summed E-state index contributed by atoms with van der Waals surface area (Å²) >= 11 is 0. The lowest BCUT2D eigenvalue weighted by molar-refractivity contribution is -0.133. The molecule has 0 aliphatic carbocycles. The number of fused-ring (bicyclic) bond motifs is 1. The van der Waals surface area contributed by atoms with Crippen molar-refractivity contribution >= 4 is 5.91 Å². The van der Waals surface area contributed by atoms with Crippen molar-refractivity contribution in [1.29, 1.82) is 0 Å². The fraction of sp³-hybridized carbons (Fsp3) is 0.522. The number of hydrogen-bond acceptors (Lipinski definition) is 3. The van der Waals surface area contributed by atoms with Gasteiger partial charge in [-0.3, -0.25) is 4.79 Å². The van der Waals surface area contributed by atoms with Crippen LogP contribution in [0.4, 0.5) is 4.39 Å². The maximum atomic E-state index is 13.2. The highest BCUT2D eigenvalue weighted by atomic mass is 19.1. The predicted molar refractivity (Wildman–Crippen MR) is 108 cm³/mol. The summed E-state index contributed by atoms with van der Waals surface area (Å²) in [6, 6.07) is 6.50. The van der Waals surface area contributed by atoms with Gasteiger partial charge in [0.05, 0.1) is 11.4 Å². The molecule has 4 nitrogen and oxygen atoms in total. The molecule has 0 radical (unpaired) electrons. The van der Waals surface area contributed by atoms with Crippen LogP contribution in [0.5, 0.6) is 0 Å². The summed E-state index contributed by atoms with van der Waals surface area (Å²) < 4.78 is 13.2.